The molecule has 14 heavy (non-hydrogen) atoms. The summed E-state index contributed by atoms with van der Waals surface area (Å²) in [5.74, 6) is -0.154. The van der Waals surface area contributed by atoms with Gasteiger partial charge in [-0.3, -0.25) is 8.32 Å². The van der Waals surface area contributed by atoms with Gasteiger partial charge in [0.1, 0.15) is 6.10 Å². The van der Waals surface area contributed by atoms with Crippen molar-refractivity contribution in [1.82, 2.24) is 3.53 Å². The Morgan fingerprint density at radius 2 is 2.07 bits per heavy atom. The van der Waals surface area contributed by atoms with Crippen LogP contribution in [0.15, 0.2) is 0 Å². The van der Waals surface area contributed by atoms with E-state index in [9.17, 15) is 4.79 Å². The SMILES string of the molecule is NCCC(=O)O[C@H]1CC[C@H](NI)CC1. The van der Waals surface area contributed by atoms with Crippen LogP contribution >= 0.6 is 22.9 Å². The second-order valence-corrected chi connectivity index (χ2v) is 4.23. The molecule has 0 radical (unpaired) electrons. The first-order chi connectivity index (χ1) is 6.76. The zero-order chi connectivity index (χ0) is 10.4. The highest BCUT2D eigenvalue weighted by Crippen LogP contribution is 2.22. The number of ether oxygens (including phenoxy) is 1. The summed E-state index contributed by atoms with van der Waals surface area (Å²) in [4.78, 5) is 11.1. The van der Waals surface area contributed by atoms with Gasteiger partial charge in [-0.2, -0.15) is 0 Å². The number of halogens is 1. The molecule has 0 aliphatic heterocycles. The van der Waals surface area contributed by atoms with Crippen LogP contribution in [0.25, 0.3) is 0 Å². The van der Waals surface area contributed by atoms with E-state index in [1.54, 1.807) is 0 Å². The van der Waals surface area contributed by atoms with Gasteiger partial charge in [0.25, 0.3) is 0 Å². The Hall–Kier alpha value is 0.120. The molecular formula is C9H17IN2O2. The molecule has 1 aliphatic rings. The molecule has 0 heterocycles. The lowest BCUT2D eigenvalue weighted by molar-refractivity contribution is -0.150. The van der Waals surface area contributed by atoms with Crippen molar-refractivity contribution in [2.75, 3.05) is 6.54 Å². The Balaban J connectivity index is 2.18. The van der Waals surface area contributed by atoms with E-state index >= 15 is 0 Å². The van der Waals surface area contributed by atoms with E-state index in [4.69, 9.17) is 10.5 Å². The Bertz CT molecular complexity index is 182. The fourth-order valence-electron chi connectivity index (χ4n) is 1.65. The zero-order valence-electron chi connectivity index (χ0n) is 8.17. The predicted molar refractivity (Wildman–Crippen MR) is 63.0 cm³/mol. The van der Waals surface area contributed by atoms with Crippen molar-refractivity contribution >= 4 is 28.8 Å². The van der Waals surface area contributed by atoms with E-state index in [1.165, 1.54) is 0 Å². The smallest absolute Gasteiger partial charge is 0.307 e. The number of carbonyl (C=O) groups excluding carboxylic acids is 1. The normalized spacial score (nSPS) is 27.3. The van der Waals surface area contributed by atoms with E-state index in [2.05, 4.69) is 26.4 Å². The number of nitrogens with two attached hydrogens (primary N) is 1. The van der Waals surface area contributed by atoms with Gasteiger partial charge >= 0.3 is 5.97 Å². The summed E-state index contributed by atoms with van der Waals surface area (Å²) >= 11 is 2.18. The quantitative estimate of drug-likeness (QED) is 0.464. The maximum absolute atomic E-state index is 11.1. The molecule has 0 aromatic carbocycles. The Kier molecular flexibility index (Phi) is 5.73. The van der Waals surface area contributed by atoms with E-state index in [0.717, 1.165) is 25.7 Å². The summed E-state index contributed by atoms with van der Waals surface area (Å²) in [6.45, 7) is 0.378. The molecule has 0 atom stereocenters. The van der Waals surface area contributed by atoms with Gasteiger partial charge in [0, 0.05) is 35.5 Å². The van der Waals surface area contributed by atoms with Crippen LogP contribution in [0.1, 0.15) is 32.1 Å². The average molecular weight is 312 g/mol. The molecule has 1 aliphatic carbocycles. The van der Waals surface area contributed by atoms with Crippen LogP contribution in [-0.4, -0.2) is 24.7 Å². The fourth-order valence-corrected chi connectivity index (χ4v) is 2.28. The van der Waals surface area contributed by atoms with Crippen molar-refractivity contribution in [2.45, 2.75) is 44.2 Å². The average Bonchev–Trinajstić information content (AvgIpc) is 2.19. The number of hydrogen-bond donors (Lipinski definition) is 2. The molecule has 0 saturated heterocycles. The minimum Gasteiger partial charge on any atom is -0.462 e. The monoisotopic (exact) mass is 312 g/mol. The standard InChI is InChI=1S/C9H17IN2O2/c10-12-7-1-3-8(4-2-7)14-9(13)5-6-11/h7-8,12H,1-6,11H2/t7-,8-. The maximum Gasteiger partial charge on any atom is 0.307 e. The molecule has 82 valence electrons. The van der Waals surface area contributed by atoms with Crippen LogP contribution in [0.3, 0.4) is 0 Å². The van der Waals surface area contributed by atoms with Gasteiger partial charge in [0.15, 0.2) is 0 Å². The van der Waals surface area contributed by atoms with Crippen LogP contribution in [0, 0.1) is 0 Å². The first-order valence-corrected chi connectivity index (χ1v) is 6.10. The van der Waals surface area contributed by atoms with Crippen molar-refractivity contribution in [3.63, 3.8) is 0 Å². The third-order valence-electron chi connectivity index (χ3n) is 2.48. The van der Waals surface area contributed by atoms with Gasteiger partial charge in [0.2, 0.25) is 0 Å². The molecule has 1 fully saturated rings. The van der Waals surface area contributed by atoms with Crippen molar-refractivity contribution in [1.29, 1.82) is 0 Å². The lowest BCUT2D eigenvalue weighted by Crippen LogP contribution is -2.31. The van der Waals surface area contributed by atoms with Crippen LogP contribution < -0.4 is 9.26 Å². The number of carbonyl (C=O) groups is 1. The highest BCUT2D eigenvalue weighted by Gasteiger charge is 2.22. The molecule has 0 unspecified atom stereocenters. The second-order valence-electron chi connectivity index (χ2n) is 3.61. The molecule has 0 bridgehead atoms. The third-order valence-corrected chi connectivity index (χ3v) is 3.36. The summed E-state index contributed by atoms with van der Waals surface area (Å²) < 4.78 is 8.49. The van der Waals surface area contributed by atoms with Crippen LogP contribution in [0.4, 0.5) is 0 Å². The van der Waals surface area contributed by atoms with Gasteiger partial charge in [0.05, 0.1) is 6.42 Å². The molecular weight excluding hydrogens is 295 g/mol. The van der Waals surface area contributed by atoms with Crippen molar-refractivity contribution in [3.05, 3.63) is 0 Å². The van der Waals surface area contributed by atoms with Crippen molar-refractivity contribution in [3.8, 4) is 0 Å². The Morgan fingerprint density at radius 3 is 2.57 bits per heavy atom. The van der Waals surface area contributed by atoms with Gasteiger partial charge < -0.3 is 10.5 Å². The van der Waals surface area contributed by atoms with Crippen LogP contribution in [0.2, 0.25) is 0 Å². The number of nitrogens with one attached hydrogen (secondary N) is 1. The molecule has 0 aromatic heterocycles. The third kappa shape index (κ3) is 4.10. The van der Waals surface area contributed by atoms with Gasteiger partial charge in [-0.05, 0) is 25.7 Å². The summed E-state index contributed by atoms with van der Waals surface area (Å²) in [5, 5.41) is 0. The number of rotatable bonds is 4. The maximum atomic E-state index is 11.1. The minimum absolute atomic E-state index is 0.120. The summed E-state index contributed by atoms with van der Waals surface area (Å²) in [5.41, 5.74) is 5.27. The molecule has 0 amide bonds. The first kappa shape index (κ1) is 12.2. The van der Waals surface area contributed by atoms with E-state index in [-0.39, 0.29) is 12.1 Å². The van der Waals surface area contributed by atoms with Crippen molar-refractivity contribution in [2.24, 2.45) is 5.73 Å². The molecule has 0 spiro atoms. The van der Waals surface area contributed by atoms with Gasteiger partial charge in [-0.15, -0.1) is 0 Å². The molecule has 0 aromatic rings. The van der Waals surface area contributed by atoms with E-state index < -0.39 is 0 Å². The first-order valence-electron chi connectivity index (χ1n) is 5.02. The minimum atomic E-state index is -0.154. The number of esters is 1. The zero-order valence-corrected chi connectivity index (χ0v) is 10.3. The number of hydrogen-bond acceptors (Lipinski definition) is 4. The second kappa shape index (κ2) is 6.58. The molecule has 4 nitrogen and oxygen atoms in total. The van der Waals surface area contributed by atoms with Gasteiger partial charge in [-0.25, -0.2) is 0 Å². The summed E-state index contributed by atoms with van der Waals surface area (Å²) in [6, 6.07) is 0.583. The molecule has 1 rings (SSSR count). The van der Waals surface area contributed by atoms with Crippen LogP contribution in [0.5, 0.6) is 0 Å². The van der Waals surface area contributed by atoms with Gasteiger partial charge in [-0.1, -0.05) is 0 Å². The predicted octanol–water partition coefficient (Wildman–Crippen LogP) is 1.13. The highest BCUT2D eigenvalue weighted by molar-refractivity contribution is 14.1. The van der Waals surface area contributed by atoms with E-state index in [1.807, 2.05) is 0 Å². The largest absolute Gasteiger partial charge is 0.462 e. The molecule has 1 saturated carbocycles. The van der Waals surface area contributed by atoms with Crippen LogP contribution in [-0.2, 0) is 9.53 Å². The Labute approximate surface area is 98.4 Å². The fraction of sp³-hybridized carbons (Fsp3) is 0.889. The lowest BCUT2D eigenvalue weighted by atomic mass is 9.94. The van der Waals surface area contributed by atoms with Crippen molar-refractivity contribution < 1.29 is 9.53 Å². The summed E-state index contributed by atoms with van der Waals surface area (Å²) in [7, 11) is 0. The lowest BCUT2D eigenvalue weighted by Gasteiger charge is -2.27. The Morgan fingerprint density at radius 1 is 1.43 bits per heavy atom. The molecule has 3 N–H and O–H groups in total. The molecule has 5 heteroatoms. The van der Waals surface area contributed by atoms with E-state index in [0.29, 0.717) is 19.0 Å². The highest BCUT2D eigenvalue weighted by atomic mass is 127. The topological polar surface area (TPSA) is 64.4 Å². The summed E-state index contributed by atoms with van der Waals surface area (Å²) in [6.07, 6.45) is 4.57.